The smallest absolute Gasteiger partial charge is 0.0745 e. The molecule has 0 aromatic rings. The van der Waals surface area contributed by atoms with Crippen LogP contribution in [0.1, 0.15) is 59.3 Å². The predicted molar refractivity (Wildman–Crippen MR) is 65.0 cm³/mol. The fourth-order valence-corrected chi connectivity index (χ4v) is 1.81. The van der Waals surface area contributed by atoms with Gasteiger partial charge in [-0.25, -0.2) is 0 Å². The van der Waals surface area contributed by atoms with Crippen molar-refractivity contribution >= 4 is 0 Å². The van der Waals surface area contributed by atoms with Gasteiger partial charge in [0.1, 0.15) is 0 Å². The first kappa shape index (κ1) is 14.9. The van der Waals surface area contributed by atoms with Crippen molar-refractivity contribution in [2.75, 3.05) is 13.2 Å². The summed E-state index contributed by atoms with van der Waals surface area (Å²) < 4.78 is 5.49. The van der Waals surface area contributed by atoms with Gasteiger partial charge < -0.3 is 9.84 Å². The second kappa shape index (κ2) is 10.4. The molecule has 2 atom stereocenters. The second-order valence-electron chi connectivity index (χ2n) is 4.54. The van der Waals surface area contributed by atoms with Crippen LogP contribution in [0.4, 0.5) is 0 Å². The maximum absolute atomic E-state index is 9.08. The van der Waals surface area contributed by atoms with Crippen LogP contribution >= 0.6 is 0 Å². The van der Waals surface area contributed by atoms with Crippen molar-refractivity contribution in [2.24, 2.45) is 5.92 Å². The molecule has 0 heterocycles. The lowest BCUT2D eigenvalue weighted by atomic mass is 9.97. The Kier molecular flexibility index (Phi) is 10.4. The molecule has 0 amide bonds. The van der Waals surface area contributed by atoms with Gasteiger partial charge in [-0.05, 0) is 25.7 Å². The average molecular weight is 216 g/mol. The van der Waals surface area contributed by atoms with Gasteiger partial charge in [0.05, 0.1) is 12.7 Å². The molecule has 0 aromatic heterocycles. The zero-order valence-corrected chi connectivity index (χ0v) is 10.7. The topological polar surface area (TPSA) is 29.5 Å². The number of unbranched alkanes of at least 4 members (excludes halogenated alkanes) is 2. The van der Waals surface area contributed by atoms with Crippen molar-refractivity contribution in [3.63, 3.8) is 0 Å². The zero-order valence-electron chi connectivity index (χ0n) is 10.7. The molecule has 2 unspecified atom stereocenters. The van der Waals surface area contributed by atoms with Crippen molar-refractivity contribution < 1.29 is 9.84 Å². The first-order valence-electron chi connectivity index (χ1n) is 6.46. The van der Waals surface area contributed by atoms with Crippen molar-refractivity contribution in [3.8, 4) is 0 Å². The van der Waals surface area contributed by atoms with Crippen LogP contribution in [0.5, 0.6) is 0 Å². The SMILES string of the molecule is CCCCCC(CCC)COCC(C)O. The molecule has 0 aliphatic carbocycles. The highest BCUT2D eigenvalue weighted by atomic mass is 16.5. The number of aliphatic hydroxyl groups excluding tert-OH is 1. The third kappa shape index (κ3) is 10.2. The molecule has 92 valence electrons. The van der Waals surface area contributed by atoms with Crippen LogP contribution in [0, 0.1) is 5.92 Å². The average Bonchev–Trinajstić information content (AvgIpc) is 2.17. The molecule has 0 aliphatic heterocycles. The van der Waals surface area contributed by atoms with Crippen molar-refractivity contribution in [1.29, 1.82) is 0 Å². The minimum absolute atomic E-state index is 0.331. The first-order valence-corrected chi connectivity index (χ1v) is 6.46. The number of ether oxygens (including phenoxy) is 1. The van der Waals surface area contributed by atoms with E-state index in [0.717, 1.165) is 6.61 Å². The first-order chi connectivity index (χ1) is 7.20. The van der Waals surface area contributed by atoms with E-state index in [1.165, 1.54) is 38.5 Å². The van der Waals surface area contributed by atoms with E-state index in [9.17, 15) is 0 Å². The summed E-state index contributed by atoms with van der Waals surface area (Å²) in [5.41, 5.74) is 0. The summed E-state index contributed by atoms with van der Waals surface area (Å²) in [6, 6.07) is 0. The second-order valence-corrected chi connectivity index (χ2v) is 4.54. The summed E-state index contributed by atoms with van der Waals surface area (Å²) in [5.74, 6) is 0.695. The molecule has 1 N–H and O–H groups in total. The van der Waals surface area contributed by atoms with Crippen LogP contribution in [0.25, 0.3) is 0 Å². The molecule has 0 fully saturated rings. The zero-order chi connectivity index (χ0) is 11.5. The predicted octanol–water partition coefficient (Wildman–Crippen LogP) is 3.38. The number of hydrogen-bond donors (Lipinski definition) is 1. The maximum atomic E-state index is 9.08. The van der Waals surface area contributed by atoms with Gasteiger partial charge in [0.25, 0.3) is 0 Å². The summed E-state index contributed by atoms with van der Waals surface area (Å²) in [6.45, 7) is 7.53. The summed E-state index contributed by atoms with van der Waals surface area (Å²) >= 11 is 0. The molecular weight excluding hydrogens is 188 g/mol. The molecule has 0 saturated heterocycles. The normalized spacial score (nSPS) is 15.2. The number of hydrogen-bond acceptors (Lipinski definition) is 2. The lowest BCUT2D eigenvalue weighted by Crippen LogP contribution is -2.16. The van der Waals surface area contributed by atoms with E-state index < -0.39 is 0 Å². The van der Waals surface area contributed by atoms with Crippen LogP contribution in [0.3, 0.4) is 0 Å². The van der Waals surface area contributed by atoms with Crippen LogP contribution in [0.15, 0.2) is 0 Å². The number of rotatable bonds is 10. The van der Waals surface area contributed by atoms with Gasteiger partial charge in [-0.2, -0.15) is 0 Å². The minimum Gasteiger partial charge on any atom is -0.391 e. The van der Waals surface area contributed by atoms with Gasteiger partial charge in [-0.1, -0.05) is 39.5 Å². The molecule has 0 saturated carbocycles. The largest absolute Gasteiger partial charge is 0.391 e. The van der Waals surface area contributed by atoms with Crippen molar-refractivity contribution in [1.82, 2.24) is 0 Å². The quantitative estimate of drug-likeness (QED) is 0.567. The van der Waals surface area contributed by atoms with E-state index in [-0.39, 0.29) is 6.10 Å². The Morgan fingerprint density at radius 3 is 2.27 bits per heavy atom. The van der Waals surface area contributed by atoms with Gasteiger partial charge in [0.2, 0.25) is 0 Å². The highest BCUT2D eigenvalue weighted by Crippen LogP contribution is 2.16. The van der Waals surface area contributed by atoms with Crippen LogP contribution in [-0.2, 0) is 4.74 Å². The molecule has 0 bridgehead atoms. The summed E-state index contributed by atoms with van der Waals surface area (Å²) in [6.07, 6.45) is 7.37. The Morgan fingerprint density at radius 2 is 1.73 bits per heavy atom. The van der Waals surface area contributed by atoms with Gasteiger partial charge >= 0.3 is 0 Å². The molecule has 0 aliphatic rings. The van der Waals surface area contributed by atoms with E-state index in [2.05, 4.69) is 13.8 Å². The van der Waals surface area contributed by atoms with E-state index in [4.69, 9.17) is 9.84 Å². The minimum atomic E-state index is -0.331. The summed E-state index contributed by atoms with van der Waals surface area (Å²) in [4.78, 5) is 0. The standard InChI is InChI=1S/C13H28O2/c1-4-6-7-9-13(8-5-2)11-15-10-12(3)14/h12-14H,4-11H2,1-3H3. The third-order valence-corrected chi connectivity index (χ3v) is 2.63. The van der Waals surface area contributed by atoms with Gasteiger partial charge in [0.15, 0.2) is 0 Å². The maximum Gasteiger partial charge on any atom is 0.0745 e. The van der Waals surface area contributed by atoms with Crippen LogP contribution < -0.4 is 0 Å². The monoisotopic (exact) mass is 216 g/mol. The highest BCUT2D eigenvalue weighted by molar-refractivity contribution is 4.58. The Bertz CT molecular complexity index is 124. The summed E-state index contributed by atoms with van der Waals surface area (Å²) in [5, 5.41) is 9.08. The van der Waals surface area contributed by atoms with Crippen LogP contribution in [-0.4, -0.2) is 24.4 Å². The molecule has 0 spiro atoms. The Labute approximate surface area is 95.0 Å². The van der Waals surface area contributed by atoms with E-state index in [1.54, 1.807) is 6.92 Å². The lowest BCUT2D eigenvalue weighted by Gasteiger charge is -2.16. The lowest BCUT2D eigenvalue weighted by molar-refractivity contribution is 0.0259. The Morgan fingerprint density at radius 1 is 1.00 bits per heavy atom. The van der Waals surface area contributed by atoms with Crippen LogP contribution in [0.2, 0.25) is 0 Å². The highest BCUT2D eigenvalue weighted by Gasteiger charge is 2.08. The Balaban J connectivity index is 3.53. The van der Waals surface area contributed by atoms with E-state index >= 15 is 0 Å². The molecule has 15 heavy (non-hydrogen) atoms. The van der Waals surface area contributed by atoms with Crippen molar-refractivity contribution in [3.05, 3.63) is 0 Å². The molecule has 0 rings (SSSR count). The molecule has 2 heteroatoms. The Hall–Kier alpha value is -0.0800. The van der Waals surface area contributed by atoms with Gasteiger partial charge in [0, 0.05) is 6.61 Å². The fraction of sp³-hybridized carbons (Fsp3) is 1.00. The molecule has 0 radical (unpaired) electrons. The summed E-state index contributed by atoms with van der Waals surface area (Å²) in [7, 11) is 0. The molecule has 2 nitrogen and oxygen atoms in total. The number of aliphatic hydroxyl groups is 1. The van der Waals surface area contributed by atoms with Crippen molar-refractivity contribution in [2.45, 2.75) is 65.4 Å². The molecule has 0 aromatic carbocycles. The molecular formula is C13H28O2. The van der Waals surface area contributed by atoms with E-state index in [0.29, 0.717) is 12.5 Å². The van der Waals surface area contributed by atoms with Gasteiger partial charge in [-0.15, -0.1) is 0 Å². The third-order valence-electron chi connectivity index (χ3n) is 2.63. The fourth-order valence-electron chi connectivity index (χ4n) is 1.81. The van der Waals surface area contributed by atoms with E-state index in [1.807, 2.05) is 0 Å². The van der Waals surface area contributed by atoms with Gasteiger partial charge in [-0.3, -0.25) is 0 Å².